The third-order valence-electron chi connectivity index (χ3n) is 7.09. The van der Waals surface area contributed by atoms with Gasteiger partial charge < -0.3 is 20.2 Å². The summed E-state index contributed by atoms with van der Waals surface area (Å²) in [5.74, 6) is 0.114. The molecule has 0 bridgehead atoms. The number of carbonyl (C=O) groups is 1. The number of benzene rings is 1. The van der Waals surface area contributed by atoms with Gasteiger partial charge in [-0.15, -0.1) is 0 Å². The number of rotatable bonds is 5. The van der Waals surface area contributed by atoms with Crippen LogP contribution in [0.2, 0.25) is 0 Å². The fourth-order valence-corrected chi connectivity index (χ4v) is 5.32. The first-order valence-electron chi connectivity index (χ1n) is 12.6. The van der Waals surface area contributed by atoms with Crippen LogP contribution in [0.4, 0.5) is 10.1 Å². The lowest BCUT2D eigenvalue weighted by molar-refractivity contribution is 0.102. The van der Waals surface area contributed by atoms with E-state index in [0.717, 1.165) is 48.2 Å². The van der Waals surface area contributed by atoms with Crippen molar-refractivity contribution in [2.75, 3.05) is 18.4 Å². The van der Waals surface area contributed by atoms with Crippen molar-refractivity contribution in [3.63, 3.8) is 0 Å². The number of pyridine rings is 1. The van der Waals surface area contributed by atoms with Crippen molar-refractivity contribution < 1.29 is 9.18 Å². The van der Waals surface area contributed by atoms with E-state index in [9.17, 15) is 4.79 Å². The molecule has 1 aliphatic heterocycles. The maximum absolute atomic E-state index is 15.1. The zero-order valence-corrected chi connectivity index (χ0v) is 21.0. The summed E-state index contributed by atoms with van der Waals surface area (Å²) in [5, 5.41) is 11.5. The summed E-state index contributed by atoms with van der Waals surface area (Å²) in [6, 6.07) is 5.69. The average molecular weight is 501 g/mol. The molecule has 5 heterocycles. The SMILES string of the molecule is Cc1nc2c(F)cc(-c3c[nH]c4ncc(C(=O)Nc5cnn(C6CCNCC6)c5)cc34)cc2n1C(C)C. The van der Waals surface area contributed by atoms with E-state index in [-0.39, 0.29) is 17.8 Å². The van der Waals surface area contributed by atoms with E-state index >= 15 is 4.39 Å². The molecule has 0 atom stereocenters. The molecular formula is C27H29FN8O. The summed E-state index contributed by atoms with van der Waals surface area (Å²) >= 11 is 0. The van der Waals surface area contributed by atoms with E-state index in [1.807, 2.05) is 28.4 Å². The average Bonchev–Trinajstić information content (AvgIpc) is 3.60. The van der Waals surface area contributed by atoms with E-state index in [1.54, 1.807) is 18.5 Å². The highest BCUT2D eigenvalue weighted by Gasteiger charge is 2.19. The maximum atomic E-state index is 15.1. The van der Waals surface area contributed by atoms with E-state index < -0.39 is 0 Å². The Balaban J connectivity index is 1.32. The van der Waals surface area contributed by atoms with Gasteiger partial charge in [-0.2, -0.15) is 5.10 Å². The van der Waals surface area contributed by atoms with E-state index in [4.69, 9.17) is 0 Å². The van der Waals surface area contributed by atoms with Gasteiger partial charge in [-0.3, -0.25) is 9.48 Å². The van der Waals surface area contributed by atoms with Crippen molar-refractivity contribution in [2.45, 2.75) is 45.7 Å². The Morgan fingerprint density at radius 2 is 2.00 bits per heavy atom. The number of aryl methyl sites for hydroxylation is 1. The predicted molar refractivity (Wildman–Crippen MR) is 141 cm³/mol. The number of H-pyrrole nitrogens is 1. The number of aromatic nitrogens is 6. The van der Waals surface area contributed by atoms with Crippen LogP contribution in [-0.2, 0) is 0 Å². The summed E-state index contributed by atoms with van der Waals surface area (Å²) in [6.45, 7) is 7.92. The molecule has 9 nitrogen and oxygen atoms in total. The number of fused-ring (bicyclic) bond motifs is 2. The highest BCUT2D eigenvalue weighted by molar-refractivity contribution is 6.07. The van der Waals surface area contributed by atoms with Crippen LogP contribution < -0.4 is 10.6 Å². The molecule has 0 radical (unpaired) electrons. The summed E-state index contributed by atoms with van der Waals surface area (Å²) in [5.41, 5.74) is 4.24. The number of amides is 1. The minimum absolute atomic E-state index is 0.138. The number of hydrogen-bond donors (Lipinski definition) is 3. The Hall–Kier alpha value is -4.05. The lowest BCUT2D eigenvalue weighted by atomic mass is 10.0. The second kappa shape index (κ2) is 9.11. The number of imidazole rings is 1. The molecule has 0 spiro atoms. The predicted octanol–water partition coefficient (Wildman–Crippen LogP) is 4.98. The van der Waals surface area contributed by atoms with Crippen LogP contribution in [0, 0.1) is 12.7 Å². The molecular weight excluding hydrogens is 471 g/mol. The normalized spacial score (nSPS) is 14.7. The molecule has 0 aliphatic carbocycles. The number of aromatic amines is 1. The smallest absolute Gasteiger partial charge is 0.257 e. The number of carbonyl (C=O) groups excluding carboxylic acids is 1. The number of nitrogens with one attached hydrogen (secondary N) is 3. The molecule has 1 aliphatic rings. The van der Waals surface area contributed by atoms with Crippen molar-refractivity contribution in [1.29, 1.82) is 0 Å². The summed E-state index contributed by atoms with van der Waals surface area (Å²) in [7, 11) is 0. The molecule has 190 valence electrons. The minimum atomic E-state index is -0.378. The molecule has 3 N–H and O–H groups in total. The number of halogens is 1. The molecule has 10 heteroatoms. The van der Waals surface area contributed by atoms with Gasteiger partial charge >= 0.3 is 0 Å². The van der Waals surface area contributed by atoms with Crippen LogP contribution in [0.5, 0.6) is 0 Å². The highest BCUT2D eigenvalue weighted by Crippen LogP contribution is 2.33. The Labute approximate surface area is 213 Å². The topological polar surface area (TPSA) is 105 Å². The number of anilines is 1. The van der Waals surface area contributed by atoms with Gasteiger partial charge in [0.05, 0.1) is 29.0 Å². The fraction of sp³-hybridized carbons (Fsp3) is 0.333. The van der Waals surface area contributed by atoms with Gasteiger partial charge in [-0.05, 0) is 70.5 Å². The quantitative estimate of drug-likeness (QED) is 0.316. The largest absolute Gasteiger partial charge is 0.346 e. The third kappa shape index (κ3) is 4.17. The minimum Gasteiger partial charge on any atom is -0.346 e. The first-order valence-corrected chi connectivity index (χ1v) is 12.6. The Morgan fingerprint density at radius 1 is 1.19 bits per heavy atom. The first-order chi connectivity index (χ1) is 17.9. The van der Waals surface area contributed by atoms with Crippen LogP contribution in [0.1, 0.15) is 55.0 Å². The molecule has 1 saturated heterocycles. The molecule has 6 rings (SSSR count). The standard InChI is InChI=1S/C27H29FN8O/c1-15(2)36-16(3)33-25-23(28)9-17(10-24(25)36)22-13-31-26-21(22)8-18(11-30-26)27(37)34-19-12-32-35(14-19)20-4-6-29-7-5-20/h8-15,20,29H,4-7H2,1-3H3,(H,30,31)(H,34,37). The molecule has 4 aromatic heterocycles. The molecule has 1 fully saturated rings. The second-order valence-corrected chi connectivity index (χ2v) is 9.92. The molecule has 5 aromatic rings. The summed E-state index contributed by atoms with van der Waals surface area (Å²) in [4.78, 5) is 25.1. The van der Waals surface area contributed by atoms with Crippen molar-refractivity contribution in [3.8, 4) is 11.1 Å². The highest BCUT2D eigenvalue weighted by atomic mass is 19.1. The zero-order valence-electron chi connectivity index (χ0n) is 21.0. The number of hydrogen-bond acceptors (Lipinski definition) is 5. The molecule has 0 unspecified atom stereocenters. The zero-order chi connectivity index (χ0) is 25.7. The maximum Gasteiger partial charge on any atom is 0.257 e. The molecule has 1 aromatic carbocycles. The monoisotopic (exact) mass is 500 g/mol. The third-order valence-corrected chi connectivity index (χ3v) is 7.09. The first kappa shape index (κ1) is 23.4. The number of nitrogens with zero attached hydrogens (tertiary/aromatic N) is 5. The van der Waals surface area contributed by atoms with E-state index in [1.165, 1.54) is 12.3 Å². The Kier molecular flexibility index (Phi) is 5.75. The molecule has 37 heavy (non-hydrogen) atoms. The van der Waals surface area contributed by atoms with Crippen molar-refractivity contribution in [3.05, 3.63) is 60.2 Å². The second-order valence-electron chi connectivity index (χ2n) is 9.92. The van der Waals surface area contributed by atoms with Crippen LogP contribution in [-0.4, -0.2) is 48.3 Å². The van der Waals surface area contributed by atoms with Crippen molar-refractivity contribution in [2.24, 2.45) is 0 Å². The molecule has 1 amide bonds. The number of piperidine rings is 1. The molecule has 0 saturated carbocycles. The van der Waals surface area contributed by atoms with Crippen LogP contribution in [0.15, 0.2) is 43.0 Å². The van der Waals surface area contributed by atoms with Gasteiger partial charge in [0.2, 0.25) is 0 Å². The summed E-state index contributed by atoms with van der Waals surface area (Å²) < 4.78 is 19.1. The fourth-order valence-electron chi connectivity index (χ4n) is 5.32. The van der Waals surface area contributed by atoms with Crippen molar-refractivity contribution >= 4 is 33.7 Å². The van der Waals surface area contributed by atoms with Gasteiger partial charge in [-0.1, -0.05) is 0 Å². The van der Waals surface area contributed by atoms with Gasteiger partial charge in [0.1, 0.15) is 17.0 Å². The summed E-state index contributed by atoms with van der Waals surface area (Å²) in [6.07, 6.45) is 8.90. The lowest BCUT2D eigenvalue weighted by Crippen LogP contribution is -2.29. The van der Waals surface area contributed by atoms with E-state index in [0.29, 0.717) is 34.0 Å². The van der Waals surface area contributed by atoms with Gasteiger partial charge in [0, 0.05) is 35.6 Å². The van der Waals surface area contributed by atoms with Crippen LogP contribution in [0.25, 0.3) is 33.2 Å². The lowest BCUT2D eigenvalue weighted by Gasteiger charge is -2.22. The van der Waals surface area contributed by atoms with E-state index in [2.05, 4.69) is 44.5 Å². The van der Waals surface area contributed by atoms with Gasteiger partial charge in [-0.25, -0.2) is 14.4 Å². The van der Waals surface area contributed by atoms with Gasteiger partial charge in [0.15, 0.2) is 5.82 Å². The van der Waals surface area contributed by atoms with Crippen molar-refractivity contribution in [1.82, 2.24) is 34.6 Å². The Morgan fingerprint density at radius 3 is 2.78 bits per heavy atom. The van der Waals surface area contributed by atoms with Gasteiger partial charge in [0.25, 0.3) is 5.91 Å². The Bertz CT molecular complexity index is 1620. The van der Waals surface area contributed by atoms with Crippen LogP contribution >= 0.6 is 0 Å². The van der Waals surface area contributed by atoms with Crippen LogP contribution in [0.3, 0.4) is 0 Å².